The summed E-state index contributed by atoms with van der Waals surface area (Å²) < 4.78 is 5.95. The lowest BCUT2D eigenvalue weighted by Gasteiger charge is -2.38. The van der Waals surface area contributed by atoms with E-state index in [2.05, 4.69) is 28.7 Å². The Bertz CT molecular complexity index is 681. The predicted molar refractivity (Wildman–Crippen MR) is 85.6 cm³/mol. The molecule has 3 rings (SSSR count). The molecule has 1 fully saturated rings. The highest BCUT2D eigenvalue weighted by Crippen LogP contribution is 2.37. The van der Waals surface area contributed by atoms with Gasteiger partial charge in [0, 0.05) is 13.0 Å². The zero-order chi connectivity index (χ0) is 16.4. The number of rotatable bonds is 4. The maximum atomic E-state index is 10.9. The van der Waals surface area contributed by atoms with E-state index in [-0.39, 0.29) is 11.7 Å². The monoisotopic (exact) mass is 315 g/mol. The van der Waals surface area contributed by atoms with Crippen molar-refractivity contribution in [1.82, 2.24) is 9.97 Å². The minimum Gasteiger partial charge on any atom is -0.476 e. The zero-order valence-electron chi connectivity index (χ0n) is 13.4. The Balaban J connectivity index is 1.89. The Morgan fingerprint density at radius 3 is 2.83 bits per heavy atom. The van der Waals surface area contributed by atoms with E-state index >= 15 is 0 Å². The number of hydrogen-bond acceptors (Lipinski definition) is 5. The van der Waals surface area contributed by atoms with Gasteiger partial charge in [0.05, 0.1) is 18.4 Å². The molecule has 122 valence electrons. The van der Waals surface area contributed by atoms with E-state index in [1.54, 1.807) is 0 Å². The van der Waals surface area contributed by atoms with Crippen LogP contribution in [0.4, 0.5) is 5.82 Å². The Morgan fingerprint density at radius 1 is 1.39 bits per heavy atom. The highest BCUT2D eigenvalue weighted by Gasteiger charge is 2.31. The predicted octanol–water partition coefficient (Wildman–Crippen LogP) is 3.31. The van der Waals surface area contributed by atoms with Gasteiger partial charge in [0.2, 0.25) is 0 Å². The molecule has 6 heteroatoms. The van der Waals surface area contributed by atoms with Crippen LogP contribution in [-0.2, 0) is 6.42 Å². The van der Waals surface area contributed by atoms with Crippen LogP contribution in [0.15, 0.2) is 28.9 Å². The largest absolute Gasteiger partial charge is 0.476 e. The quantitative estimate of drug-likeness (QED) is 0.932. The van der Waals surface area contributed by atoms with Crippen LogP contribution in [0.25, 0.3) is 0 Å². The number of nitrogens with zero attached hydrogens (tertiary/aromatic N) is 3. The van der Waals surface area contributed by atoms with Gasteiger partial charge in [-0.25, -0.2) is 14.8 Å². The molecule has 0 amide bonds. The first-order chi connectivity index (χ1) is 11.1. The molecule has 2 aromatic heterocycles. The fraction of sp³-hybridized carbons (Fsp3) is 0.471. The van der Waals surface area contributed by atoms with Gasteiger partial charge < -0.3 is 14.4 Å². The number of carboxylic acid groups (broad SMARTS) is 1. The second-order valence-corrected chi connectivity index (χ2v) is 6.06. The molecule has 1 aliphatic rings. The van der Waals surface area contributed by atoms with Gasteiger partial charge in [-0.1, -0.05) is 13.8 Å². The number of carbonyl (C=O) groups is 1. The smallest absolute Gasteiger partial charge is 0.356 e. The Morgan fingerprint density at radius 2 is 2.22 bits per heavy atom. The first kappa shape index (κ1) is 15.5. The molecular weight excluding hydrogens is 294 g/mol. The van der Waals surface area contributed by atoms with Gasteiger partial charge in [-0.15, -0.1) is 0 Å². The number of hydrogen-bond donors (Lipinski definition) is 1. The maximum Gasteiger partial charge on any atom is 0.356 e. The second kappa shape index (κ2) is 6.40. The summed E-state index contributed by atoms with van der Waals surface area (Å²) >= 11 is 0. The summed E-state index contributed by atoms with van der Waals surface area (Å²) in [6.45, 7) is 5.17. The highest BCUT2D eigenvalue weighted by atomic mass is 16.4. The second-order valence-electron chi connectivity index (χ2n) is 6.06. The minimum atomic E-state index is -1.06. The summed E-state index contributed by atoms with van der Waals surface area (Å²) in [4.78, 5) is 21.4. The Labute approximate surface area is 135 Å². The summed E-state index contributed by atoms with van der Waals surface area (Å²) in [7, 11) is 0. The van der Waals surface area contributed by atoms with Crippen LogP contribution in [-0.4, -0.2) is 27.6 Å². The fourth-order valence-corrected chi connectivity index (χ4v) is 3.03. The molecule has 0 saturated carbocycles. The van der Waals surface area contributed by atoms with Crippen LogP contribution in [0.2, 0.25) is 0 Å². The third-order valence-electron chi connectivity index (χ3n) is 4.38. The fourth-order valence-electron chi connectivity index (χ4n) is 3.03. The average Bonchev–Trinajstić information content (AvgIpc) is 3.04. The third-order valence-corrected chi connectivity index (χ3v) is 4.38. The molecule has 0 radical (unpaired) electrons. The molecular formula is C17H21N3O3. The van der Waals surface area contributed by atoms with Crippen molar-refractivity contribution in [2.45, 2.75) is 39.2 Å². The molecule has 0 aliphatic carbocycles. The minimum absolute atomic E-state index is 0.0399. The van der Waals surface area contributed by atoms with Crippen molar-refractivity contribution in [3.8, 4) is 0 Å². The van der Waals surface area contributed by atoms with Crippen molar-refractivity contribution in [1.29, 1.82) is 0 Å². The van der Waals surface area contributed by atoms with Crippen molar-refractivity contribution in [2.24, 2.45) is 5.92 Å². The van der Waals surface area contributed by atoms with Crippen LogP contribution in [0.1, 0.15) is 54.7 Å². The lowest BCUT2D eigenvalue weighted by atomic mass is 9.91. The van der Waals surface area contributed by atoms with Gasteiger partial charge in [0.25, 0.3) is 0 Å². The van der Waals surface area contributed by atoms with Gasteiger partial charge in [-0.05, 0) is 30.9 Å². The molecule has 1 aliphatic heterocycles. The standard InChI is InChI=1S/C17H21N3O3/c1-3-12-4-5-15(23-12)14-8-11(2)6-7-20(14)16-10-18-13(9-19-16)17(21)22/h4-5,9-11,14H,3,6-8H2,1-2H3,(H,21,22). The van der Waals surface area contributed by atoms with Crippen molar-refractivity contribution in [3.63, 3.8) is 0 Å². The lowest BCUT2D eigenvalue weighted by Crippen LogP contribution is -2.36. The summed E-state index contributed by atoms with van der Waals surface area (Å²) in [6, 6.07) is 4.17. The van der Waals surface area contributed by atoms with Crippen LogP contribution in [0, 0.1) is 5.92 Å². The van der Waals surface area contributed by atoms with E-state index in [9.17, 15) is 4.79 Å². The number of piperidine rings is 1. The molecule has 23 heavy (non-hydrogen) atoms. The molecule has 1 saturated heterocycles. The number of aryl methyl sites for hydroxylation is 1. The highest BCUT2D eigenvalue weighted by molar-refractivity contribution is 5.84. The number of carboxylic acids is 1. The van der Waals surface area contributed by atoms with Gasteiger partial charge in [0.1, 0.15) is 17.3 Å². The van der Waals surface area contributed by atoms with E-state index in [0.29, 0.717) is 11.7 Å². The van der Waals surface area contributed by atoms with Gasteiger partial charge >= 0.3 is 5.97 Å². The normalized spacial score (nSPS) is 21.4. The van der Waals surface area contributed by atoms with Crippen molar-refractivity contribution < 1.29 is 14.3 Å². The van der Waals surface area contributed by atoms with Crippen molar-refractivity contribution >= 4 is 11.8 Å². The zero-order valence-corrected chi connectivity index (χ0v) is 13.4. The van der Waals surface area contributed by atoms with E-state index < -0.39 is 5.97 Å². The van der Waals surface area contributed by atoms with Crippen LogP contribution in [0.5, 0.6) is 0 Å². The number of anilines is 1. The average molecular weight is 315 g/mol. The molecule has 0 aromatic carbocycles. The summed E-state index contributed by atoms with van der Waals surface area (Å²) in [5.41, 5.74) is -0.0399. The van der Waals surface area contributed by atoms with Gasteiger partial charge in [0.15, 0.2) is 5.69 Å². The van der Waals surface area contributed by atoms with E-state index in [0.717, 1.165) is 37.3 Å². The third kappa shape index (κ3) is 3.21. The molecule has 2 aromatic rings. The molecule has 0 bridgehead atoms. The Hall–Kier alpha value is -2.37. The number of furan rings is 1. The molecule has 0 spiro atoms. The first-order valence-corrected chi connectivity index (χ1v) is 7.99. The molecule has 3 heterocycles. The van der Waals surface area contributed by atoms with Gasteiger partial charge in [-0.3, -0.25) is 0 Å². The topological polar surface area (TPSA) is 79.5 Å². The van der Waals surface area contributed by atoms with Crippen LogP contribution < -0.4 is 4.90 Å². The van der Waals surface area contributed by atoms with Crippen molar-refractivity contribution in [2.75, 3.05) is 11.4 Å². The van der Waals surface area contributed by atoms with Crippen molar-refractivity contribution in [3.05, 3.63) is 41.7 Å². The van der Waals surface area contributed by atoms with Crippen LogP contribution >= 0.6 is 0 Å². The van der Waals surface area contributed by atoms with E-state index in [4.69, 9.17) is 9.52 Å². The van der Waals surface area contributed by atoms with Gasteiger partial charge in [-0.2, -0.15) is 0 Å². The molecule has 2 unspecified atom stereocenters. The number of aromatic carboxylic acids is 1. The molecule has 6 nitrogen and oxygen atoms in total. The Kier molecular flexibility index (Phi) is 4.32. The summed E-state index contributed by atoms with van der Waals surface area (Å²) in [6.07, 6.45) is 5.77. The summed E-state index contributed by atoms with van der Waals surface area (Å²) in [5.74, 6) is 2.16. The first-order valence-electron chi connectivity index (χ1n) is 7.99. The maximum absolute atomic E-state index is 10.9. The van der Waals surface area contributed by atoms with Crippen LogP contribution in [0.3, 0.4) is 0 Å². The van der Waals surface area contributed by atoms with E-state index in [1.807, 2.05) is 12.1 Å². The molecule has 2 atom stereocenters. The SMILES string of the molecule is CCc1ccc(C2CC(C)CCN2c2cnc(C(=O)O)cn2)o1. The summed E-state index contributed by atoms with van der Waals surface area (Å²) in [5, 5.41) is 8.95. The lowest BCUT2D eigenvalue weighted by molar-refractivity contribution is 0.0690. The van der Waals surface area contributed by atoms with E-state index in [1.165, 1.54) is 12.4 Å². The molecule has 1 N–H and O–H groups in total. The number of aromatic nitrogens is 2.